The minimum atomic E-state index is -0.166. The van der Waals surface area contributed by atoms with Gasteiger partial charge in [0, 0.05) is 5.41 Å². The quantitative estimate of drug-likeness (QED) is 0.288. The first-order valence-electron chi connectivity index (χ1n) is 14.0. The van der Waals surface area contributed by atoms with Gasteiger partial charge in [-0.25, -0.2) is 0 Å². The van der Waals surface area contributed by atoms with Crippen LogP contribution in [0.25, 0.3) is 0 Å². The summed E-state index contributed by atoms with van der Waals surface area (Å²) >= 11 is 0. The number of benzene rings is 2. The summed E-state index contributed by atoms with van der Waals surface area (Å²) in [7, 11) is 0. The van der Waals surface area contributed by atoms with Crippen LogP contribution in [0.3, 0.4) is 0 Å². The van der Waals surface area contributed by atoms with E-state index >= 15 is 0 Å². The molecule has 0 saturated heterocycles. The molecule has 2 aromatic carbocycles. The molecule has 202 valence electrons. The Morgan fingerprint density at radius 2 is 0.972 bits per heavy atom. The van der Waals surface area contributed by atoms with Gasteiger partial charge in [0.2, 0.25) is 0 Å². The second kappa shape index (κ2) is 14.0. The Balaban J connectivity index is 2.91. The van der Waals surface area contributed by atoms with Crippen LogP contribution in [0, 0.1) is 11.8 Å². The lowest BCUT2D eigenvalue weighted by Crippen LogP contribution is -2.36. The van der Waals surface area contributed by atoms with Crippen LogP contribution in [0.2, 0.25) is 0 Å². The molecule has 0 aliphatic carbocycles. The van der Waals surface area contributed by atoms with Gasteiger partial charge in [-0.3, -0.25) is 0 Å². The van der Waals surface area contributed by atoms with Gasteiger partial charge in [0.15, 0.2) is 0 Å². The molecule has 0 unspecified atom stereocenters. The average Bonchev–Trinajstić information content (AvgIpc) is 2.87. The van der Waals surface area contributed by atoms with Gasteiger partial charge < -0.3 is 19.7 Å². The molecule has 4 heteroatoms. The summed E-state index contributed by atoms with van der Waals surface area (Å²) < 4.78 is 12.1. The largest absolute Gasteiger partial charge is 0.491 e. The second-order valence-corrected chi connectivity index (χ2v) is 10.5. The summed E-state index contributed by atoms with van der Waals surface area (Å²) in [4.78, 5) is 0. The molecule has 4 nitrogen and oxygen atoms in total. The van der Waals surface area contributed by atoms with Gasteiger partial charge >= 0.3 is 0 Å². The lowest BCUT2D eigenvalue weighted by Gasteiger charge is -2.42. The van der Waals surface area contributed by atoms with Crippen molar-refractivity contribution in [1.82, 2.24) is 0 Å². The van der Waals surface area contributed by atoms with Crippen LogP contribution in [0.5, 0.6) is 11.5 Å². The van der Waals surface area contributed by atoms with Gasteiger partial charge in [0.25, 0.3) is 0 Å². The number of ether oxygens (including phenoxy) is 2. The Morgan fingerprint density at radius 1 is 0.639 bits per heavy atom. The lowest BCUT2D eigenvalue weighted by atomic mass is 9.62. The van der Waals surface area contributed by atoms with Crippen molar-refractivity contribution in [3.63, 3.8) is 0 Å². The Bertz CT molecular complexity index is 843. The number of hydrogen-bond donors (Lipinski definition) is 2. The summed E-state index contributed by atoms with van der Waals surface area (Å²) in [6.07, 6.45) is 4.56. The third kappa shape index (κ3) is 6.44. The highest BCUT2D eigenvalue weighted by Gasteiger charge is 2.40. The zero-order valence-corrected chi connectivity index (χ0v) is 24.0. The second-order valence-electron chi connectivity index (χ2n) is 10.5. The predicted octanol–water partition coefficient (Wildman–Crippen LogP) is 6.67. The van der Waals surface area contributed by atoms with Gasteiger partial charge in [-0.2, -0.15) is 0 Å². The topological polar surface area (TPSA) is 58.9 Å². The van der Waals surface area contributed by atoms with E-state index in [1.165, 1.54) is 33.4 Å². The molecule has 0 spiro atoms. The smallest absolute Gasteiger partial charge is 0.125 e. The van der Waals surface area contributed by atoms with Crippen molar-refractivity contribution in [1.29, 1.82) is 0 Å². The molecule has 0 bridgehead atoms. The van der Waals surface area contributed by atoms with Crippen molar-refractivity contribution in [2.45, 2.75) is 92.9 Å². The van der Waals surface area contributed by atoms with E-state index in [0.717, 1.165) is 43.6 Å². The highest BCUT2D eigenvalue weighted by Crippen LogP contribution is 2.48. The molecule has 0 aromatic heterocycles. The molecule has 0 fully saturated rings. The Hall–Kier alpha value is -2.04. The Labute approximate surface area is 220 Å². The third-order valence-electron chi connectivity index (χ3n) is 7.43. The van der Waals surface area contributed by atoms with E-state index in [9.17, 15) is 10.2 Å². The molecule has 0 atom stereocenters. The monoisotopic (exact) mass is 498 g/mol. The van der Waals surface area contributed by atoms with Crippen LogP contribution in [-0.4, -0.2) is 36.6 Å². The molecular weight excluding hydrogens is 448 g/mol. The van der Waals surface area contributed by atoms with E-state index in [1.807, 2.05) is 0 Å². The summed E-state index contributed by atoms with van der Waals surface area (Å²) in [5.41, 5.74) is 7.37. The number of aliphatic hydroxyl groups excluding tert-OH is 2. The summed E-state index contributed by atoms with van der Waals surface area (Å²) in [5, 5.41) is 18.8. The van der Waals surface area contributed by atoms with Crippen molar-refractivity contribution >= 4 is 0 Å². The molecule has 0 heterocycles. The van der Waals surface area contributed by atoms with E-state index in [-0.39, 0.29) is 18.6 Å². The number of aryl methyl sites for hydroxylation is 4. The molecule has 0 aliphatic rings. The molecule has 36 heavy (non-hydrogen) atoms. The van der Waals surface area contributed by atoms with Crippen LogP contribution >= 0.6 is 0 Å². The van der Waals surface area contributed by atoms with Gasteiger partial charge in [-0.15, -0.1) is 0 Å². The maximum atomic E-state index is 9.39. The van der Waals surface area contributed by atoms with Gasteiger partial charge in [-0.1, -0.05) is 79.7 Å². The van der Waals surface area contributed by atoms with Gasteiger partial charge in [0.1, 0.15) is 24.7 Å². The standard InChI is InChI=1S/C32H50O4/c1-9-24-17-28(18-25(10-2)30(24)35-15-13-33)32(23(7)8,21-22(5)6)29-19-26(11-3)31(36-16-14-34)27(12-4)20-29/h17-20,22-23,33-34H,9-16,21H2,1-8H3. The maximum Gasteiger partial charge on any atom is 0.125 e. The van der Waals surface area contributed by atoms with E-state index in [0.29, 0.717) is 25.0 Å². The number of rotatable bonds is 15. The zero-order chi connectivity index (χ0) is 26.9. The van der Waals surface area contributed by atoms with Crippen molar-refractivity contribution in [2.75, 3.05) is 26.4 Å². The fourth-order valence-corrected chi connectivity index (χ4v) is 5.69. The first kappa shape index (κ1) is 30.2. The Kier molecular flexibility index (Phi) is 11.8. The molecule has 2 rings (SSSR count). The molecule has 0 amide bonds. The Morgan fingerprint density at radius 3 is 1.19 bits per heavy atom. The molecular formula is C32H50O4. The summed E-state index contributed by atoms with van der Waals surface area (Å²) in [6, 6.07) is 9.45. The van der Waals surface area contributed by atoms with E-state index in [2.05, 4.69) is 79.7 Å². The normalized spacial score (nSPS) is 12.0. The highest BCUT2D eigenvalue weighted by atomic mass is 16.5. The first-order chi connectivity index (χ1) is 17.2. The molecule has 0 saturated carbocycles. The van der Waals surface area contributed by atoms with Crippen molar-refractivity contribution in [3.8, 4) is 11.5 Å². The van der Waals surface area contributed by atoms with Crippen LogP contribution in [0.1, 0.15) is 95.2 Å². The zero-order valence-electron chi connectivity index (χ0n) is 24.0. The summed E-state index contributed by atoms with van der Waals surface area (Å²) in [6.45, 7) is 18.7. The fraction of sp³-hybridized carbons (Fsp3) is 0.625. The minimum absolute atomic E-state index is 0.0155. The van der Waals surface area contributed by atoms with E-state index < -0.39 is 0 Å². The van der Waals surface area contributed by atoms with Crippen LogP contribution in [0.4, 0.5) is 0 Å². The summed E-state index contributed by atoms with van der Waals surface area (Å²) in [5.74, 6) is 2.76. The number of aliphatic hydroxyl groups is 2. The number of hydrogen-bond acceptors (Lipinski definition) is 4. The third-order valence-corrected chi connectivity index (χ3v) is 7.43. The van der Waals surface area contributed by atoms with Gasteiger partial charge in [0.05, 0.1) is 13.2 Å². The fourth-order valence-electron chi connectivity index (χ4n) is 5.69. The predicted molar refractivity (Wildman–Crippen MR) is 151 cm³/mol. The van der Waals surface area contributed by atoms with Crippen molar-refractivity contribution in [2.24, 2.45) is 11.8 Å². The SMILES string of the molecule is CCc1cc(C(CC(C)C)(c2cc(CC)c(OCCO)c(CC)c2)C(C)C)cc(CC)c1OCCO. The van der Waals surface area contributed by atoms with Crippen LogP contribution < -0.4 is 9.47 Å². The van der Waals surface area contributed by atoms with Crippen molar-refractivity contribution in [3.05, 3.63) is 57.6 Å². The highest BCUT2D eigenvalue weighted by molar-refractivity contribution is 5.54. The molecule has 2 aromatic rings. The van der Waals surface area contributed by atoms with Crippen LogP contribution in [-0.2, 0) is 31.1 Å². The molecule has 2 N–H and O–H groups in total. The van der Waals surface area contributed by atoms with E-state index in [4.69, 9.17) is 9.47 Å². The minimum Gasteiger partial charge on any atom is -0.491 e. The maximum absolute atomic E-state index is 9.39. The van der Waals surface area contributed by atoms with Gasteiger partial charge in [-0.05, 0) is 77.3 Å². The van der Waals surface area contributed by atoms with Crippen LogP contribution in [0.15, 0.2) is 24.3 Å². The first-order valence-corrected chi connectivity index (χ1v) is 14.0. The van der Waals surface area contributed by atoms with Crippen molar-refractivity contribution < 1.29 is 19.7 Å². The lowest BCUT2D eigenvalue weighted by molar-refractivity contribution is 0.199. The molecule has 0 aliphatic heterocycles. The average molecular weight is 499 g/mol. The molecule has 0 radical (unpaired) electrons. The van der Waals surface area contributed by atoms with E-state index in [1.54, 1.807) is 0 Å².